The predicted molar refractivity (Wildman–Crippen MR) is 65.2 cm³/mol. The van der Waals surface area contributed by atoms with Crippen LogP contribution in [-0.2, 0) is 9.53 Å². The first-order valence-electron chi connectivity index (χ1n) is 5.79. The number of carboxylic acid groups (broad SMARTS) is 1. The van der Waals surface area contributed by atoms with E-state index >= 15 is 0 Å². The molecule has 17 heavy (non-hydrogen) atoms. The second kappa shape index (κ2) is 4.75. The Morgan fingerprint density at radius 1 is 1.41 bits per heavy atom. The van der Waals surface area contributed by atoms with Crippen LogP contribution in [0.3, 0.4) is 0 Å². The molecule has 4 nitrogen and oxygen atoms in total. The van der Waals surface area contributed by atoms with Crippen molar-refractivity contribution >= 4 is 11.7 Å². The highest BCUT2D eigenvalue weighted by Crippen LogP contribution is 2.30. The molecule has 0 radical (unpaired) electrons. The molecule has 0 unspecified atom stereocenters. The number of ether oxygens (including phenoxy) is 1. The molecule has 0 amide bonds. The lowest BCUT2D eigenvalue weighted by Crippen LogP contribution is -2.56. The maximum atomic E-state index is 11.3. The molecule has 1 aromatic rings. The standard InChI is InChI=1S/C13H17NO3/c1-2-14(11-6-4-3-5-7-11)8-13(12(15)16)9-17-10-13/h3-7H,2,8-10H2,1H3,(H,15,16). The van der Waals surface area contributed by atoms with Crippen molar-refractivity contribution in [2.45, 2.75) is 6.92 Å². The van der Waals surface area contributed by atoms with Gasteiger partial charge in [0.15, 0.2) is 0 Å². The molecule has 1 aliphatic heterocycles. The highest BCUT2D eigenvalue weighted by molar-refractivity contribution is 5.77. The van der Waals surface area contributed by atoms with Crippen LogP contribution >= 0.6 is 0 Å². The van der Waals surface area contributed by atoms with Gasteiger partial charge in [-0.15, -0.1) is 0 Å². The van der Waals surface area contributed by atoms with Gasteiger partial charge >= 0.3 is 5.97 Å². The molecule has 1 saturated heterocycles. The molecule has 4 heteroatoms. The van der Waals surface area contributed by atoms with Crippen molar-refractivity contribution in [1.82, 2.24) is 0 Å². The average Bonchev–Trinajstić information content (AvgIpc) is 2.29. The molecule has 0 aromatic heterocycles. The van der Waals surface area contributed by atoms with Crippen molar-refractivity contribution in [3.63, 3.8) is 0 Å². The molecule has 1 N–H and O–H groups in total. The van der Waals surface area contributed by atoms with Crippen LogP contribution in [-0.4, -0.2) is 37.4 Å². The topological polar surface area (TPSA) is 49.8 Å². The monoisotopic (exact) mass is 235 g/mol. The van der Waals surface area contributed by atoms with E-state index in [1.807, 2.05) is 37.3 Å². The van der Waals surface area contributed by atoms with Crippen LogP contribution < -0.4 is 4.90 Å². The molecule has 0 atom stereocenters. The van der Waals surface area contributed by atoms with Gasteiger partial charge in [-0.2, -0.15) is 0 Å². The molecule has 1 aliphatic rings. The van der Waals surface area contributed by atoms with Crippen molar-refractivity contribution in [1.29, 1.82) is 0 Å². The third-order valence-electron chi connectivity index (χ3n) is 3.21. The third-order valence-corrected chi connectivity index (χ3v) is 3.21. The van der Waals surface area contributed by atoms with Gasteiger partial charge in [-0.25, -0.2) is 0 Å². The summed E-state index contributed by atoms with van der Waals surface area (Å²) in [5.41, 5.74) is 0.328. The Morgan fingerprint density at radius 2 is 2.06 bits per heavy atom. The van der Waals surface area contributed by atoms with Crippen molar-refractivity contribution in [3.05, 3.63) is 30.3 Å². The summed E-state index contributed by atoms with van der Waals surface area (Å²) in [4.78, 5) is 13.4. The Labute approximate surface area is 101 Å². The Kier molecular flexibility index (Phi) is 3.33. The summed E-state index contributed by atoms with van der Waals surface area (Å²) in [7, 11) is 0. The molecule has 0 aliphatic carbocycles. The highest BCUT2D eigenvalue weighted by Gasteiger charge is 2.47. The normalized spacial score (nSPS) is 17.2. The number of hydrogen-bond donors (Lipinski definition) is 1. The fourth-order valence-corrected chi connectivity index (χ4v) is 2.02. The minimum atomic E-state index is -0.766. The van der Waals surface area contributed by atoms with E-state index in [2.05, 4.69) is 4.90 Å². The zero-order chi connectivity index (χ0) is 12.3. The Bertz CT molecular complexity index is 387. The van der Waals surface area contributed by atoms with Gasteiger partial charge in [0.1, 0.15) is 5.41 Å². The van der Waals surface area contributed by atoms with Crippen molar-refractivity contribution in [2.24, 2.45) is 5.41 Å². The molecule has 0 bridgehead atoms. The lowest BCUT2D eigenvalue weighted by Gasteiger charge is -2.41. The fourth-order valence-electron chi connectivity index (χ4n) is 2.02. The van der Waals surface area contributed by atoms with Crippen LogP contribution in [0.5, 0.6) is 0 Å². The molecule has 92 valence electrons. The van der Waals surface area contributed by atoms with Crippen LogP contribution in [0.1, 0.15) is 6.92 Å². The third kappa shape index (κ3) is 2.26. The van der Waals surface area contributed by atoms with E-state index < -0.39 is 11.4 Å². The largest absolute Gasteiger partial charge is 0.481 e. The van der Waals surface area contributed by atoms with E-state index in [4.69, 9.17) is 4.74 Å². The Hall–Kier alpha value is -1.55. The number of nitrogens with zero attached hydrogens (tertiary/aromatic N) is 1. The average molecular weight is 235 g/mol. The molecule has 0 saturated carbocycles. The summed E-state index contributed by atoms with van der Waals surface area (Å²) in [6.45, 7) is 3.95. The number of hydrogen-bond acceptors (Lipinski definition) is 3. The van der Waals surface area contributed by atoms with Crippen LogP contribution in [0.15, 0.2) is 30.3 Å². The fraction of sp³-hybridized carbons (Fsp3) is 0.462. The summed E-state index contributed by atoms with van der Waals surface area (Å²) < 4.78 is 5.07. The maximum absolute atomic E-state index is 11.3. The summed E-state index contributed by atoms with van der Waals surface area (Å²) >= 11 is 0. The van der Waals surface area contributed by atoms with Crippen LogP contribution in [0.25, 0.3) is 0 Å². The molecule has 1 heterocycles. The zero-order valence-corrected chi connectivity index (χ0v) is 9.93. The van der Waals surface area contributed by atoms with E-state index in [9.17, 15) is 9.90 Å². The SMILES string of the molecule is CCN(CC1(C(=O)O)COC1)c1ccccc1. The van der Waals surface area contributed by atoms with Gasteiger partial charge in [-0.05, 0) is 19.1 Å². The number of anilines is 1. The molecule has 0 spiro atoms. The second-order valence-electron chi connectivity index (χ2n) is 4.43. The summed E-state index contributed by atoms with van der Waals surface area (Å²) in [5.74, 6) is -0.766. The number of carbonyl (C=O) groups is 1. The lowest BCUT2D eigenvalue weighted by molar-refractivity contribution is -0.177. The van der Waals surface area contributed by atoms with Crippen molar-refractivity contribution in [2.75, 3.05) is 31.2 Å². The van der Waals surface area contributed by atoms with Gasteiger partial charge < -0.3 is 14.7 Å². The van der Waals surface area contributed by atoms with Crippen LogP contribution in [0.4, 0.5) is 5.69 Å². The zero-order valence-electron chi connectivity index (χ0n) is 9.93. The number of aliphatic carboxylic acids is 1. The molecule has 2 rings (SSSR count). The predicted octanol–water partition coefficient (Wildman–Crippen LogP) is 1.61. The van der Waals surface area contributed by atoms with Gasteiger partial charge in [-0.3, -0.25) is 4.79 Å². The van der Waals surface area contributed by atoms with E-state index in [0.717, 1.165) is 12.2 Å². The number of carboxylic acids is 1. The molecule has 1 aromatic carbocycles. The molecular formula is C13H17NO3. The minimum Gasteiger partial charge on any atom is -0.481 e. The van der Waals surface area contributed by atoms with Crippen molar-refractivity contribution < 1.29 is 14.6 Å². The molecular weight excluding hydrogens is 218 g/mol. The Balaban J connectivity index is 2.13. The van der Waals surface area contributed by atoms with Gasteiger partial charge in [-0.1, -0.05) is 18.2 Å². The van der Waals surface area contributed by atoms with Crippen molar-refractivity contribution in [3.8, 4) is 0 Å². The first kappa shape index (κ1) is 11.9. The van der Waals surface area contributed by atoms with Gasteiger partial charge in [0.25, 0.3) is 0 Å². The lowest BCUT2D eigenvalue weighted by atomic mass is 9.85. The minimum absolute atomic E-state index is 0.311. The maximum Gasteiger partial charge on any atom is 0.316 e. The van der Waals surface area contributed by atoms with Crippen LogP contribution in [0, 0.1) is 5.41 Å². The first-order chi connectivity index (χ1) is 8.18. The van der Waals surface area contributed by atoms with E-state index in [1.165, 1.54) is 0 Å². The summed E-state index contributed by atoms with van der Waals surface area (Å²) in [6.07, 6.45) is 0. The van der Waals surface area contributed by atoms with E-state index in [1.54, 1.807) is 0 Å². The van der Waals surface area contributed by atoms with E-state index in [-0.39, 0.29) is 0 Å². The summed E-state index contributed by atoms with van der Waals surface area (Å²) in [5, 5.41) is 9.27. The number of benzene rings is 1. The number of para-hydroxylation sites is 1. The number of rotatable bonds is 5. The summed E-state index contributed by atoms with van der Waals surface area (Å²) in [6, 6.07) is 9.87. The van der Waals surface area contributed by atoms with Gasteiger partial charge in [0.2, 0.25) is 0 Å². The van der Waals surface area contributed by atoms with E-state index in [0.29, 0.717) is 19.8 Å². The Morgan fingerprint density at radius 3 is 2.47 bits per heavy atom. The highest BCUT2D eigenvalue weighted by atomic mass is 16.5. The van der Waals surface area contributed by atoms with Gasteiger partial charge in [0.05, 0.1) is 13.2 Å². The quantitative estimate of drug-likeness (QED) is 0.842. The first-order valence-corrected chi connectivity index (χ1v) is 5.79. The second-order valence-corrected chi connectivity index (χ2v) is 4.43. The molecule has 1 fully saturated rings. The van der Waals surface area contributed by atoms with Gasteiger partial charge in [0, 0.05) is 18.8 Å². The smallest absolute Gasteiger partial charge is 0.316 e. The van der Waals surface area contributed by atoms with Crippen LogP contribution in [0.2, 0.25) is 0 Å².